The topological polar surface area (TPSA) is 23.6 Å². The van der Waals surface area contributed by atoms with Gasteiger partial charge < -0.3 is 9.80 Å². The molecule has 21 heavy (non-hydrogen) atoms. The van der Waals surface area contributed by atoms with E-state index >= 15 is 0 Å². The molecule has 0 unspecified atom stereocenters. The Balaban J connectivity index is 1.99. The Morgan fingerprint density at radius 1 is 1.10 bits per heavy atom. The van der Waals surface area contributed by atoms with Crippen LogP contribution in [0.1, 0.15) is 38.3 Å². The van der Waals surface area contributed by atoms with Crippen LogP contribution in [0.2, 0.25) is 0 Å². The molecule has 0 N–H and O–H groups in total. The lowest BCUT2D eigenvalue weighted by atomic mass is 9.96. The maximum Gasteiger partial charge on any atom is 0.224 e. The number of hydrogen-bond donors (Lipinski definition) is 0. The Morgan fingerprint density at radius 2 is 1.81 bits per heavy atom. The largest absolute Gasteiger partial charge is 0.337 e. The molecule has 1 aliphatic heterocycles. The number of amides is 1. The second-order valence-corrected chi connectivity index (χ2v) is 7.33. The van der Waals surface area contributed by atoms with Gasteiger partial charge in [-0.15, -0.1) is 0 Å². The van der Waals surface area contributed by atoms with Gasteiger partial charge in [-0.05, 0) is 23.5 Å². The average molecular weight is 288 g/mol. The van der Waals surface area contributed by atoms with E-state index in [0.29, 0.717) is 6.42 Å². The Morgan fingerprint density at radius 3 is 2.48 bits per heavy atom. The van der Waals surface area contributed by atoms with Crippen LogP contribution in [0.15, 0.2) is 24.3 Å². The number of benzene rings is 1. The van der Waals surface area contributed by atoms with Crippen molar-refractivity contribution < 1.29 is 4.79 Å². The highest BCUT2D eigenvalue weighted by molar-refractivity contribution is 5.76. The van der Waals surface area contributed by atoms with E-state index in [-0.39, 0.29) is 11.3 Å². The number of carbonyl (C=O) groups excluding carboxylic acids is 1. The smallest absolute Gasteiger partial charge is 0.224 e. The number of carbonyl (C=O) groups is 1. The Kier molecular flexibility index (Phi) is 5.04. The molecule has 1 aliphatic rings. The molecule has 0 radical (unpaired) electrons. The van der Waals surface area contributed by atoms with Crippen molar-refractivity contribution in [3.8, 4) is 0 Å². The molecule has 0 bridgehead atoms. The van der Waals surface area contributed by atoms with Crippen LogP contribution in [0, 0.1) is 12.3 Å². The molecular weight excluding hydrogens is 260 g/mol. The van der Waals surface area contributed by atoms with E-state index in [9.17, 15) is 4.79 Å². The summed E-state index contributed by atoms with van der Waals surface area (Å²) < 4.78 is 0. The molecule has 1 aromatic rings. The zero-order valence-corrected chi connectivity index (χ0v) is 13.9. The first-order chi connectivity index (χ1) is 9.85. The van der Waals surface area contributed by atoms with E-state index in [0.717, 1.165) is 32.7 Å². The lowest BCUT2D eigenvalue weighted by Gasteiger charge is -2.28. The molecule has 0 aromatic heterocycles. The lowest BCUT2D eigenvalue weighted by Crippen LogP contribution is -2.36. The fourth-order valence-electron chi connectivity index (χ4n) is 2.90. The molecule has 0 aliphatic carbocycles. The van der Waals surface area contributed by atoms with Crippen molar-refractivity contribution in [3.05, 3.63) is 35.4 Å². The monoisotopic (exact) mass is 288 g/mol. The summed E-state index contributed by atoms with van der Waals surface area (Å²) in [5.41, 5.74) is 2.81. The van der Waals surface area contributed by atoms with Gasteiger partial charge in [-0.1, -0.05) is 45.0 Å². The summed E-state index contributed by atoms with van der Waals surface area (Å²) in [4.78, 5) is 16.8. The minimum atomic E-state index is 0.286. The van der Waals surface area contributed by atoms with Gasteiger partial charge in [0, 0.05) is 39.1 Å². The molecule has 1 heterocycles. The van der Waals surface area contributed by atoms with Gasteiger partial charge in [-0.3, -0.25) is 4.79 Å². The van der Waals surface area contributed by atoms with Crippen LogP contribution in [-0.4, -0.2) is 41.9 Å². The van der Waals surface area contributed by atoms with Crippen LogP contribution in [0.5, 0.6) is 0 Å². The molecule has 0 spiro atoms. The van der Waals surface area contributed by atoms with Crippen LogP contribution in [0.25, 0.3) is 0 Å². The number of hydrogen-bond acceptors (Lipinski definition) is 2. The molecule has 3 nitrogen and oxygen atoms in total. The average Bonchev–Trinajstić information content (AvgIpc) is 2.55. The van der Waals surface area contributed by atoms with Crippen LogP contribution in [-0.2, 0) is 11.3 Å². The summed E-state index contributed by atoms with van der Waals surface area (Å²) in [6.45, 7) is 13.4. The first-order valence-electron chi connectivity index (χ1n) is 7.90. The van der Waals surface area contributed by atoms with Gasteiger partial charge in [-0.2, -0.15) is 0 Å². The Hall–Kier alpha value is -1.35. The third-order valence-corrected chi connectivity index (χ3v) is 4.00. The van der Waals surface area contributed by atoms with E-state index in [1.165, 1.54) is 11.1 Å². The van der Waals surface area contributed by atoms with Gasteiger partial charge in [0.25, 0.3) is 0 Å². The first kappa shape index (κ1) is 16.0. The predicted molar refractivity (Wildman–Crippen MR) is 87.1 cm³/mol. The van der Waals surface area contributed by atoms with E-state index in [1.54, 1.807) is 0 Å². The molecule has 3 heteroatoms. The number of nitrogens with zero attached hydrogens (tertiary/aromatic N) is 2. The van der Waals surface area contributed by atoms with Crippen molar-refractivity contribution >= 4 is 5.91 Å². The molecule has 1 aromatic carbocycles. The quantitative estimate of drug-likeness (QED) is 0.853. The zero-order chi connectivity index (χ0) is 15.5. The van der Waals surface area contributed by atoms with E-state index < -0.39 is 0 Å². The van der Waals surface area contributed by atoms with Crippen molar-refractivity contribution in [2.75, 3.05) is 26.2 Å². The van der Waals surface area contributed by atoms with Gasteiger partial charge >= 0.3 is 0 Å². The van der Waals surface area contributed by atoms with Crippen molar-refractivity contribution in [2.24, 2.45) is 5.41 Å². The highest BCUT2D eigenvalue weighted by Crippen LogP contribution is 2.18. The highest BCUT2D eigenvalue weighted by atomic mass is 16.2. The van der Waals surface area contributed by atoms with Crippen LogP contribution < -0.4 is 0 Å². The van der Waals surface area contributed by atoms with Crippen molar-refractivity contribution in [1.82, 2.24) is 9.80 Å². The van der Waals surface area contributed by atoms with Gasteiger partial charge in [0.2, 0.25) is 5.91 Å². The third kappa shape index (κ3) is 4.85. The molecule has 1 saturated heterocycles. The van der Waals surface area contributed by atoms with Crippen LogP contribution in [0.4, 0.5) is 0 Å². The standard InChI is InChI=1S/C18H28N2O/c1-15-7-5-6-8-16(15)13-20-12-11-19(10-9-17(20)21)14-18(2,3)4/h5-8H,9-14H2,1-4H3. The van der Waals surface area contributed by atoms with Gasteiger partial charge in [0.15, 0.2) is 0 Å². The van der Waals surface area contributed by atoms with Gasteiger partial charge in [0.05, 0.1) is 0 Å². The summed E-state index contributed by atoms with van der Waals surface area (Å²) in [7, 11) is 0. The molecule has 116 valence electrons. The highest BCUT2D eigenvalue weighted by Gasteiger charge is 2.24. The lowest BCUT2D eigenvalue weighted by molar-refractivity contribution is -0.130. The second kappa shape index (κ2) is 6.61. The molecule has 0 saturated carbocycles. The fraction of sp³-hybridized carbons (Fsp3) is 0.611. The fourth-order valence-corrected chi connectivity index (χ4v) is 2.90. The Bertz CT molecular complexity index is 490. The summed E-state index contributed by atoms with van der Waals surface area (Å²) in [6, 6.07) is 8.34. The number of aryl methyl sites for hydroxylation is 1. The molecular formula is C18H28N2O. The predicted octanol–water partition coefficient (Wildman–Crippen LogP) is 3.08. The normalized spacial score (nSPS) is 17.9. The zero-order valence-electron chi connectivity index (χ0n) is 13.9. The summed E-state index contributed by atoms with van der Waals surface area (Å²) in [5.74, 6) is 0.287. The van der Waals surface area contributed by atoms with Crippen molar-refractivity contribution in [2.45, 2.75) is 40.7 Å². The Labute approximate surface area is 128 Å². The second-order valence-electron chi connectivity index (χ2n) is 7.33. The van der Waals surface area contributed by atoms with Gasteiger partial charge in [0.1, 0.15) is 0 Å². The molecule has 0 atom stereocenters. The minimum absolute atomic E-state index is 0.286. The molecule has 1 amide bonds. The van der Waals surface area contributed by atoms with Crippen molar-refractivity contribution in [3.63, 3.8) is 0 Å². The SMILES string of the molecule is Cc1ccccc1CN1CCN(CC(C)(C)C)CCC1=O. The summed E-state index contributed by atoms with van der Waals surface area (Å²) in [5, 5.41) is 0. The third-order valence-electron chi connectivity index (χ3n) is 4.00. The minimum Gasteiger partial charge on any atom is -0.337 e. The summed E-state index contributed by atoms with van der Waals surface area (Å²) >= 11 is 0. The number of rotatable bonds is 3. The van der Waals surface area contributed by atoms with Gasteiger partial charge in [-0.25, -0.2) is 0 Å². The van der Waals surface area contributed by atoms with E-state index in [1.807, 2.05) is 11.0 Å². The van der Waals surface area contributed by atoms with Crippen LogP contribution >= 0.6 is 0 Å². The van der Waals surface area contributed by atoms with E-state index in [4.69, 9.17) is 0 Å². The molecule has 1 fully saturated rings. The van der Waals surface area contributed by atoms with E-state index in [2.05, 4.69) is 50.8 Å². The van der Waals surface area contributed by atoms with Crippen molar-refractivity contribution in [1.29, 1.82) is 0 Å². The maximum absolute atomic E-state index is 12.3. The first-order valence-corrected chi connectivity index (χ1v) is 7.90. The summed E-state index contributed by atoms with van der Waals surface area (Å²) in [6.07, 6.45) is 0.641. The van der Waals surface area contributed by atoms with Crippen LogP contribution in [0.3, 0.4) is 0 Å². The maximum atomic E-state index is 12.3. The molecule has 2 rings (SSSR count).